The molecule has 0 unspecified atom stereocenters. The van der Waals surface area contributed by atoms with Gasteiger partial charge < -0.3 is 14.9 Å². The Hall–Kier alpha value is -1.30. The number of hydrogen-bond donors (Lipinski definition) is 2. The van der Waals surface area contributed by atoms with E-state index in [1.54, 1.807) is 0 Å². The fraction of sp³-hybridized carbons (Fsp3) is 0.333. The molecule has 2 N–H and O–H groups in total. The number of carboxylic acid groups (broad SMARTS) is 2. The maximum atomic E-state index is 11.5. The SMILES string of the molecule is O=C(O)[C@@H]1CC[C@@](C(=O)O)(c2ccc(Cl)cc2Cl)O1. The lowest BCUT2D eigenvalue weighted by Gasteiger charge is -2.25. The van der Waals surface area contributed by atoms with Crippen molar-refractivity contribution in [2.45, 2.75) is 24.5 Å². The minimum absolute atomic E-state index is 0.0423. The fourth-order valence-electron chi connectivity index (χ4n) is 2.16. The molecule has 102 valence electrons. The maximum Gasteiger partial charge on any atom is 0.340 e. The highest BCUT2D eigenvalue weighted by Crippen LogP contribution is 2.43. The lowest BCUT2D eigenvalue weighted by atomic mass is 9.90. The van der Waals surface area contributed by atoms with Crippen molar-refractivity contribution in [2.24, 2.45) is 0 Å². The summed E-state index contributed by atoms with van der Waals surface area (Å²) in [6.45, 7) is 0. The molecule has 7 heteroatoms. The van der Waals surface area contributed by atoms with Crippen molar-refractivity contribution in [3.63, 3.8) is 0 Å². The van der Waals surface area contributed by atoms with Gasteiger partial charge in [-0.2, -0.15) is 0 Å². The van der Waals surface area contributed by atoms with Crippen molar-refractivity contribution < 1.29 is 24.5 Å². The average Bonchev–Trinajstić information content (AvgIpc) is 2.75. The number of rotatable bonds is 3. The van der Waals surface area contributed by atoms with Gasteiger partial charge in [0.05, 0.1) is 0 Å². The van der Waals surface area contributed by atoms with E-state index in [-0.39, 0.29) is 23.4 Å². The van der Waals surface area contributed by atoms with Crippen molar-refractivity contribution in [1.29, 1.82) is 0 Å². The van der Waals surface area contributed by atoms with Crippen LogP contribution in [0.4, 0.5) is 0 Å². The summed E-state index contributed by atoms with van der Waals surface area (Å²) in [7, 11) is 0. The molecule has 0 aromatic heterocycles. The Morgan fingerprint density at radius 3 is 2.47 bits per heavy atom. The van der Waals surface area contributed by atoms with E-state index in [1.165, 1.54) is 18.2 Å². The zero-order valence-electron chi connectivity index (χ0n) is 9.60. The van der Waals surface area contributed by atoms with Crippen molar-refractivity contribution >= 4 is 35.1 Å². The first-order chi connectivity index (χ1) is 8.86. The van der Waals surface area contributed by atoms with Gasteiger partial charge in [0.25, 0.3) is 0 Å². The molecule has 1 aromatic rings. The van der Waals surface area contributed by atoms with E-state index in [1.807, 2.05) is 0 Å². The second kappa shape index (κ2) is 5.00. The van der Waals surface area contributed by atoms with E-state index < -0.39 is 23.6 Å². The molecule has 5 nitrogen and oxygen atoms in total. The Morgan fingerprint density at radius 2 is 2.00 bits per heavy atom. The topological polar surface area (TPSA) is 83.8 Å². The number of hydrogen-bond acceptors (Lipinski definition) is 3. The Balaban J connectivity index is 2.47. The largest absolute Gasteiger partial charge is 0.479 e. The molecule has 19 heavy (non-hydrogen) atoms. The highest BCUT2D eigenvalue weighted by atomic mass is 35.5. The first-order valence-corrected chi connectivity index (χ1v) is 6.22. The molecule has 0 spiro atoms. The number of carboxylic acids is 2. The number of ether oxygens (including phenoxy) is 1. The molecule has 0 amide bonds. The van der Waals surface area contributed by atoms with Crippen LogP contribution in [-0.2, 0) is 19.9 Å². The highest BCUT2D eigenvalue weighted by molar-refractivity contribution is 6.35. The average molecular weight is 305 g/mol. The molecule has 1 heterocycles. The van der Waals surface area contributed by atoms with E-state index in [4.69, 9.17) is 33.0 Å². The summed E-state index contributed by atoms with van der Waals surface area (Å²) in [6, 6.07) is 4.34. The minimum Gasteiger partial charge on any atom is -0.479 e. The summed E-state index contributed by atoms with van der Waals surface area (Å²) >= 11 is 11.8. The van der Waals surface area contributed by atoms with Crippen LogP contribution >= 0.6 is 23.2 Å². The number of benzene rings is 1. The molecule has 1 aliphatic heterocycles. The second-order valence-electron chi connectivity index (χ2n) is 4.24. The Morgan fingerprint density at radius 1 is 1.32 bits per heavy atom. The van der Waals surface area contributed by atoms with Crippen LogP contribution in [0.15, 0.2) is 18.2 Å². The van der Waals surface area contributed by atoms with Gasteiger partial charge >= 0.3 is 11.9 Å². The van der Waals surface area contributed by atoms with Gasteiger partial charge in [-0.15, -0.1) is 0 Å². The van der Waals surface area contributed by atoms with Crippen molar-refractivity contribution in [3.8, 4) is 0 Å². The third-order valence-electron chi connectivity index (χ3n) is 3.09. The smallest absolute Gasteiger partial charge is 0.340 e. The Bertz CT molecular complexity index is 545. The summed E-state index contributed by atoms with van der Waals surface area (Å²) in [5, 5.41) is 18.8. The summed E-state index contributed by atoms with van der Waals surface area (Å²) < 4.78 is 5.25. The molecule has 1 aromatic carbocycles. The van der Waals surface area contributed by atoms with Gasteiger partial charge in [0, 0.05) is 15.6 Å². The molecule has 2 rings (SSSR count). The zero-order valence-corrected chi connectivity index (χ0v) is 11.1. The number of halogens is 2. The van der Waals surface area contributed by atoms with Crippen LogP contribution in [0.2, 0.25) is 10.0 Å². The van der Waals surface area contributed by atoms with Crippen LogP contribution in [0.25, 0.3) is 0 Å². The number of aliphatic carboxylic acids is 2. The van der Waals surface area contributed by atoms with Gasteiger partial charge in [0.1, 0.15) is 0 Å². The third-order valence-corrected chi connectivity index (χ3v) is 3.64. The lowest BCUT2D eigenvalue weighted by Crippen LogP contribution is -2.37. The molecule has 0 aliphatic carbocycles. The number of carbonyl (C=O) groups is 2. The fourth-order valence-corrected chi connectivity index (χ4v) is 2.72. The second-order valence-corrected chi connectivity index (χ2v) is 5.08. The standard InChI is InChI=1S/C12H10Cl2O5/c13-6-1-2-7(8(14)5-6)12(11(17)18)4-3-9(19-12)10(15)16/h1-2,5,9H,3-4H2,(H,15,16)(H,17,18)/t9-,12-/m0/s1. The molecule has 1 saturated heterocycles. The van der Waals surface area contributed by atoms with Gasteiger partial charge in [0.2, 0.25) is 0 Å². The third kappa shape index (κ3) is 2.41. The van der Waals surface area contributed by atoms with Gasteiger partial charge in [-0.1, -0.05) is 29.3 Å². The monoisotopic (exact) mass is 304 g/mol. The summed E-state index contributed by atoms with van der Waals surface area (Å²) in [4.78, 5) is 22.4. The van der Waals surface area contributed by atoms with E-state index in [0.717, 1.165) is 0 Å². The van der Waals surface area contributed by atoms with E-state index in [0.29, 0.717) is 5.02 Å². The highest BCUT2D eigenvalue weighted by Gasteiger charge is 2.51. The van der Waals surface area contributed by atoms with Crippen molar-refractivity contribution in [2.75, 3.05) is 0 Å². The van der Waals surface area contributed by atoms with Crippen molar-refractivity contribution in [3.05, 3.63) is 33.8 Å². The molecule has 0 bridgehead atoms. The quantitative estimate of drug-likeness (QED) is 0.896. The summed E-state index contributed by atoms with van der Waals surface area (Å²) in [6.07, 6.45) is -0.996. The summed E-state index contributed by atoms with van der Waals surface area (Å²) in [5.74, 6) is -2.45. The first kappa shape index (κ1) is 14.1. The van der Waals surface area contributed by atoms with Crippen LogP contribution < -0.4 is 0 Å². The minimum atomic E-state index is -1.73. The molecular weight excluding hydrogens is 295 g/mol. The molecule has 1 aliphatic rings. The predicted molar refractivity (Wildman–Crippen MR) is 67.5 cm³/mol. The molecule has 0 radical (unpaired) electrons. The van der Waals surface area contributed by atoms with E-state index in [2.05, 4.69) is 0 Å². The van der Waals surface area contributed by atoms with Crippen LogP contribution in [0, 0.1) is 0 Å². The Labute approximate surface area is 118 Å². The van der Waals surface area contributed by atoms with Gasteiger partial charge in [-0.05, 0) is 25.0 Å². The summed E-state index contributed by atoms with van der Waals surface area (Å²) in [5.41, 5.74) is -1.51. The first-order valence-electron chi connectivity index (χ1n) is 5.46. The zero-order chi connectivity index (χ0) is 14.2. The molecular formula is C12H10Cl2O5. The van der Waals surface area contributed by atoms with E-state index in [9.17, 15) is 14.7 Å². The predicted octanol–water partition coefficient (Wildman–Crippen LogP) is 2.54. The lowest BCUT2D eigenvalue weighted by molar-refractivity contribution is -0.172. The van der Waals surface area contributed by atoms with E-state index >= 15 is 0 Å². The van der Waals surface area contributed by atoms with Gasteiger partial charge in [0.15, 0.2) is 11.7 Å². The van der Waals surface area contributed by atoms with Crippen LogP contribution in [-0.4, -0.2) is 28.3 Å². The van der Waals surface area contributed by atoms with Crippen LogP contribution in [0.1, 0.15) is 18.4 Å². The Kier molecular flexibility index (Phi) is 3.71. The van der Waals surface area contributed by atoms with Gasteiger partial charge in [-0.3, -0.25) is 0 Å². The van der Waals surface area contributed by atoms with Crippen molar-refractivity contribution in [1.82, 2.24) is 0 Å². The molecule has 2 atom stereocenters. The van der Waals surface area contributed by atoms with Gasteiger partial charge in [-0.25, -0.2) is 9.59 Å². The van der Waals surface area contributed by atoms with Crippen LogP contribution in [0.5, 0.6) is 0 Å². The van der Waals surface area contributed by atoms with Crippen LogP contribution in [0.3, 0.4) is 0 Å². The normalized spacial score (nSPS) is 26.3. The molecule has 0 saturated carbocycles. The maximum absolute atomic E-state index is 11.5. The molecule has 1 fully saturated rings.